The van der Waals surface area contributed by atoms with Crippen LogP contribution in [0.5, 0.6) is 0 Å². The number of anilines is 1. The fourth-order valence-corrected chi connectivity index (χ4v) is 1.95. The van der Waals surface area contributed by atoms with Gasteiger partial charge in [0.15, 0.2) is 0 Å². The minimum atomic E-state index is -0.529. The van der Waals surface area contributed by atoms with Crippen molar-refractivity contribution in [1.82, 2.24) is 4.98 Å². The smallest absolute Gasteiger partial charge is 0.415 e. The topological polar surface area (TPSA) is 71.3 Å². The lowest BCUT2D eigenvalue weighted by atomic mass is 10.2. The van der Waals surface area contributed by atoms with Gasteiger partial charge in [0.25, 0.3) is 0 Å². The van der Waals surface area contributed by atoms with Crippen molar-refractivity contribution >= 4 is 29.1 Å². The monoisotopic (exact) mass is 311 g/mol. The molecule has 1 heterocycles. The summed E-state index contributed by atoms with van der Waals surface area (Å²) in [6, 6.07) is 3.57. The highest BCUT2D eigenvalue weighted by atomic mass is 32.1. The number of ether oxygens (including phenoxy) is 1. The molecule has 0 aliphatic carbocycles. The molecule has 0 aliphatic heterocycles. The minimum Gasteiger partial charge on any atom is -0.443 e. The number of unbranched alkanes of at least 4 members (excludes halogenated alkanes) is 2. The Bertz CT molecular complexity index is 491. The Hall–Kier alpha value is -1.56. The third-order valence-corrected chi connectivity index (χ3v) is 3.05. The summed E-state index contributed by atoms with van der Waals surface area (Å²) >= 11 is 4.93. The summed E-state index contributed by atoms with van der Waals surface area (Å²) in [7, 11) is 0. The van der Waals surface area contributed by atoms with Crippen molar-refractivity contribution in [1.29, 1.82) is 0 Å². The van der Waals surface area contributed by atoms with Gasteiger partial charge in [-0.2, -0.15) is 0 Å². The van der Waals surface area contributed by atoms with Crippen LogP contribution < -0.4 is 10.6 Å². The Labute approximate surface area is 131 Å². The van der Waals surface area contributed by atoms with Crippen LogP contribution in [0.1, 0.15) is 52.7 Å². The van der Waals surface area contributed by atoms with Crippen LogP contribution in [0.15, 0.2) is 12.1 Å². The van der Waals surface area contributed by atoms with Gasteiger partial charge in [-0.1, -0.05) is 32.0 Å². The van der Waals surface area contributed by atoms with Crippen LogP contribution in [0.25, 0.3) is 0 Å². The third kappa shape index (κ3) is 5.75. The zero-order valence-electron chi connectivity index (χ0n) is 13.2. The summed E-state index contributed by atoms with van der Waals surface area (Å²) in [5, 5.41) is 0. The van der Waals surface area contributed by atoms with Gasteiger partial charge in [0.1, 0.15) is 16.4 Å². The predicted octanol–water partition coefficient (Wildman–Crippen LogP) is 3.58. The van der Waals surface area contributed by atoms with E-state index in [2.05, 4.69) is 11.9 Å². The second kappa shape index (κ2) is 7.45. The van der Waals surface area contributed by atoms with E-state index in [0.717, 1.165) is 19.3 Å². The van der Waals surface area contributed by atoms with Crippen LogP contribution in [0, 0.1) is 0 Å². The Morgan fingerprint density at radius 2 is 2.05 bits per heavy atom. The summed E-state index contributed by atoms with van der Waals surface area (Å²) < 4.78 is 5.46. The molecule has 0 unspecified atom stereocenters. The number of amides is 1. The van der Waals surface area contributed by atoms with E-state index in [-0.39, 0.29) is 11.1 Å². The van der Waals surface area contributed by atoms with Gasteiger partial charge in [-0.15, -0.1) is 0 Å². The first-order valence-electron chi connectivity index (χ1n) is 7.24. The number of aromatic amines is 1. The molecule has 0 saturated heterocycles. The van der Waals surface area contributed by atoms with Crippen molar-refractivity contribution in [2.24, 2.45) is 5.73 Å². The molecule has 0 fully saturated rings. The lowest BCUT2D eigenvalue weighted by Gasteiger charge is -2.26. The Balaban J connectivity index is 2.89. The number of aromatic nitrogens is 1. The number of rotatable bonds is 6. The molecule has 5 nitrogen and oxygen atoms in total. The zero-order valence-corrected chi connectivity index (χ0v) is 14.0. The number of hydrogen-bond acceptors (Lipinski definition) is 3. The Morgan fingerprint density at radius 3 is 2.52 bits per heavy atom. The number of nitrogens with zero attached hydrogens (tertiary/aromatic N) is 1. The molecular weight excluding hydrogens is 286 g/mol. The number of carbonyl (C=O) groups excluding carboxylic acids is 1. The van der Waals surface area contributed by atoms with E-state index in [4.69, 9.17) is 22.7 Å². The van der Waals surface area contributed by atoms with Crippen molar-refractivity contribution in [3.8, 4) is 0 Å². The lowest BCUT2D eigenvalue weighted by Crippen LogP contribution is -2.37. The van der Waals surface area contributed by atoms with E-state index in [1.807, 2.05) is 20.8 Å². The number of nitrogens with one attached hydrogen (secondary N) is 1. The predicted molar refractivity (Wildman–Crippen MR) is 89.8 cm³/mol. The van der Waals surface area contributed by atoms with Crippen molar-refractivity contribution in [2.45, 2.75) is 52.6 Å². The van der Waals surface area contributed by atoms with Crippen LogP contribution in [-0.4, -0.2) is 28.2 Å². The summed E-state index contributed by atoms with van der Waals surface area (Å²) in [5.41, 5.74) is 5.71. The lowest BCUT2D eigenvalue weighted by molar-refractivity contribution is 0.0578. The summed E-state index contributed by atoms with van der Waals surface area (Å²) in [4.78, 5) is 17.3. The fraction of sp³-hybridized carbons (Fsp3) is 0.600. The van der Waals surface area contributed by atoms with Gasteiger partial charge in [-0.25, -0.2) is 4.79 Å². The second-order valence-electron chi connectivity index (χ2n) is 5.96. The quantitative estimate of drug-likeness (QED) is 0.622. The van der Waals surface area contributed by atoms with E-state index in [1.165, 1.54) is 0 Å². The number of nitrogens with two attached hydrogens (primary N) is 1. The van der Waals surface area contributed by atoms with Crippen molar-refractivity contribution < 1.29 is 9.53 Å². The molecule has 0 spiro atoms. The van der Waals surface area contributed by atoms with E-state index >= 15 is 0 Å². The molecule has 1 aromatic rings. The third-order valence-electron chi connectivity index (χ3n) is 2.83. The molecule has 1 aromatic heterocycles. The normalized spacial score (nSPS) is 11.2. The highest BCUT2D eigenvalue weighted by Gasteiger charge is 2.24. The average Bonchev–Trinajstić information content (AvgIpc) is 2.81. The molecule has 1 amide bonds. The zero-order chi connectivity index (χ0) is 16.0. The Kier molecular flexibility index (Phi) is 6.20. The highest BCUT2D eigenvalue weighted by Crippen LogP contribution is 2.19. The molecular formula is C15H25N3O2S. The van der Waals surface area contributed by atoms with Crippen LogP contribution in [0.2, 0.25) is 0 Å². The molecule has 0 radical (unpaired) electrons. The van der Waals surface area contributed by atoms with Gasteiger partial charge in [0.05, 0.1) is 5.69 Å². The SMILES string of the molecule is CCCCCN(C(=O)OC(C)(C)C)c1ccc(C(N)=S)[nH]1. The van der Waals surface area contributed by atoms with Gasteiger partial charge in [-0.05, 0) is 39.3 Å². The van der Waals surface area contributed by atoms with Crippen molar-refractivity contribution in [2.75, 3.05) is 11.4 Å². The van der Waals surface area contributed by atoms with E-state index in [1.54, 1.807) is 17.0 Å². The maximum Gasteiger partial charge on any atom is 0.415 e. The summed E-state index contributed by atoms with van der Waals surface area (Å²) in [6.45, 7) is 8.27. The van der Waals surface area contributed by atoms with E-state index < -0.39 is 5.60 Å². The number of carbonyl (C=O) groups is 1. The number of H-pyrrole nitrogens is 1. The number of thiocarbonyl (C=S) groups is 1. The van der Waals surface area contributed by atoms with E-state index in [0.29, 0.717) is 18.1 Å². The van der Waals surface area contributed by atoms with Crippen LogP contribution in [0.4, 0.5) is 10.6 Å². The standard InChI is InChI=1S/C15H25N3O2S/c1-5-6-7-10-18(14(19)20-15(2,3)4)12-9-8-11(17-12)13(16)21/h8-9,17H,5-7,10H2,1-4H3,(H2,16,21). The van der Waals surface area contributed by atoms with E-state index in [9.17, 15) is 4.79 Å². The average molecular weight is 311 g/mol. The van der Waals surface area contributed by atoms with Crippen molar-refractivity contribution in [3.05, 3.63) is 17.8 Å². The Morgan fingerprint density at radius 1 is 1.38 bits per heavy atom. The molecule has 21 heavy (non-hydrogen) atoms. The van der Waals surface area contributed by atoms with Gasteiger partial charge in [-0.3, -0.25) is 4.90 Å². The molecule has 1 rings (SSSR count). The molecule has 0 bridgehead atoms. The van der Waals surface area contributed by atoms with Crippen LogP contribution in [-0.2, 0) is 4.74 Å². The number of hydrogen-bond donors (Lipinski definition) is 2. The summed E-state index contributed by atoms with van der Waals surface area (Å²) in [6.07, 6.45) is 2.69. The molecule has 0 saturated carbocycles. The molecule has 118 valence electrons. The first-order chi connectivity index (χ1) is 9.74. The highest BCUT2D eigenvalue weighted by molar-refractivity contribution is 7.80. The first kappa shape index (κ1) is 17.5. The second-order valence-corrected chi connectivity index (χ2v) is 6.40. The van der Waals surface area contributed by atoms with Crippen LogP contribution >= 0.6 is 12.2 Å². The van der Waals surface area contributed by atoms with Gasteiger partial charge in [0, 0.05) is 6.54 Å². The van der Waals surface area contributed by atoms with Gasteiger partial charge >= 0.3 is 6.09 Å². The van der Waals surface area contributed by atoms with Crippen LogP contribution in [0.3, 0.4) is 0 Å². The first-order valence-corrected chi connectivity index (χ1v) is 7.64. The molecule has 0 aliphatic rings. The molecule has 3 N–H and O–H groups in total. The fourth-order valence-electron chi connectivity index (χ4n) is 1.83. The molecule has 0 aromatic carbocycles. The maximum atomic E-state index is 12.4. The maximum absolute atomic E-state index is 12.4. The minimum absolute atomic E-state index is 0.277. The van der Waals surface area contributed by atoms with Gasteiger partial charge < -0.3 is 15.5 Å². The summed E-state index contributed by atoms with van der Waals surface area (Å²) in [5.74, 6) is 0.656. The van der Waals surface area contributed by atoms with Gasteiger partial charge in [0.2, 0.25) is 0 Å². The van der Waals surface area contributed by atoms with Crippen molar-refractivity contribution in [3.63, 3.8) is 0 Å². The largest absolute Gasteiger partial charge is 0.443 e. The molecule has 0 atom stereocenters. The molecule has 6 heteroatoms.